The van der Waals surface area contributed by atoms with Crippen molar-refractivity contribution in [1.29, 1.82) is 0 Å². The number of fused-ring (bicyclic) bond motifs is 2. The third kappa shape index (κ3) is 2.20. The van der Waals surface area contributed by atoms with Crippen LogP contribution in [0.4, 0.5) is 0 Å². The lowest BCUT2D eigenvalue weighted by molar-refractivity contribution is 1.19. The Labute approximate surface area is 142 Å². The summed E-state index contributed by atoms with van der Waals surface area (Å²) in [6.45, 7) is 0. The van der Waals surface area contributed by atoms with Crippen molar-refractivity contribution in [3.8, 4) is 21.8 Å². The molecule has 4 heteroatoms. The van der Waals surface area contributed by atoms with Crippen molar-refractivity contribution in [2.75, 3.05) is 0 Å². The number of hydrogen-bond acceptors (Lipinski definition) is 3. The molecule has 5 aromatic rings. The van der Waals surface area contributed by atoms with E-state index in [9.17, 15) is 0 Å². The zero-order valence-corrected chi connectivity index (χ0v) is 13.6. The molecule has 0 saturated carbocycles. The van der Waals surface area contributed by atoms with E-state index in [0.29, 0.717) is 0 Å². The van der Waals surface area contributed by atoms with Crippen LogP contribution in [-0.2, 0) is 0 Å². The average molecular weight is 327 g/mol. The first-order valence-electron chi connectivity index (χ1n) is 7.77. The van der Waals surface area contributed by atoms with Gasteiger partial charge in [0.25, 0.3) is 0 Å². The van der Waals surface area contributed by atoms with Crippen LogP contribution in [0.25, 0.3) is 37.7 Å². The van der Waals surface area contributed by atoms with Crippen LogP contribution in [0, 0.1) is 0 Å². The molecule has 0 saturated heterocycles. The van der Waals surface area contributed by atoms with E-state index >= 15 is 0 Å². The maximum absolute atomic E-state index is 4.75. The van der Waals surface area contributed by atoms with Crippen LogP contribution in [0.15, 0.2) is 79.1 Å². The van der Waals surface area contributed by atoms with Gasteiger partial charge in [0, 0.05) is 23.5 Å². The Bertz CT molecular complexity index is 1010. The molecule has 0 aliphatic carbocycles. The maximum atomic E-state index is 4.75. The molecule has 0 amide bonds. The summed E-state index contributed by atoms with van der Waals surface area (Å²) in [4.78, 5) is 9.46. The lowest BCUT2D eigenvalue weighted by atomic mass is 10.1. The van der Waals surface area contributed by atoms with Crippen molar-refractivity contribution >= 4 is 27.2 Å². The van der Waals surface area contributed by atoms with Gasteiger partial charge in [-0.2, -0.15) is 0 Å². The Balaban J connectivity index is 1.62. The third-order valence-electron chi connectivity index (χ3n) is 4.06. The van der Waals surface area contributed by atoms with Crippen LogP contribution in [0.3, 0.4) is 0 Å². The summed E-state index contributed by atoms with van der Waals surface area (Å²) in [5, 5.41) is 1.04. The molecular weight excluding hydrogens is 314 g/mol. The molecule has 0 aliphatic heterocycles. The van der Waals surface area contributed by atoms with Gasteiger partial charge in [0.05, 0.1) is 15.9 Å². The first-order valence-corrected chi connectivity index (χ1v) is 8.59. The Kier molecular flexibility index (Phi) is 2.96. The summed E-state index contributed by atoms with van der Waals surface area (Å²) in [6, 6.07) is 22.7. The van der Waals surface area contributed by atoms with Crippen molar-refractivity contribution in [3.63, 3.8) is 0 Å². The molecule has 3 nitrogen and oxygen atoms in total. The summed E-state index contributed by atoms with van der Waals surface area (Å²) in [7, 11) is 0. The van der Waals surface area contributed by atoms with E-state index < -0.39 is 0 Å². The number of rotatable bonds is 2. The van der Waals surface area contributed by atoms with Gasteiger partial charge in [0.15, 0.2) is 0 Å². The monoisotopic (exact) mass is 327 g/mol. The van der Waals surface area contributed by atoms with Crippen LogP contribution >= 0.6 is 11.3 Å². The summed E-state index contributed by atoms with van der Waals surface area (Å²) in [6.07, 6.45) is 4.08. The molecular formula is C20H13N3S. The Hall–Kier alpha value is -2.98. The van der Waals surface area contributed by atoms with Crippen molar-refractivity contribution in [1.82, 2.24) is 14.4 Å². The first-order chi connectivity index (χ1) is 11.9. The quantitative estimate of drug-likeness (QED) is 0.442. The minimum Gasteiger partial charge on any atom is -0.306 e. The number of para-hydroxylation sites is 1. The molecule has 0 radical (unpaired) electrons. The SMILES string of the molecule is c1cc(-c2cn3ccccc3n2)cc(-c2nc3ccccc3s2)c1. The van der Waals surface area contributed by atoms with E-state index in [1.165, 1.54) is 4.70 Å². The fourth-order valence-electron chi connectivity index (χ4n) is 2.88. The summed E-state index contributed by atoms with van der Waals surface area (Å²) in [5.74, 6) is 0. The van der Waals surface area contributed by atoms with E-state index in [1.807, 2.05) is 34.9 Å². The van der Waals surface area contributed by atoms with E-state index in [-0.39, 0.29) is 0 Å². The van der Waals surface area contributed by atoms with Gasteiger partial charge in [0.1, 0.15) is 10.7 Å². The molecule has 3 heterocycles. The van der Waals surface area contributed by atoms with Crippen LogP contribution < -0.4 is 0 Å². The zero-order chi connectivity index (χ0) is 15.9. The Morgan fingerprint density at radius 2 is 1.67 bits per heavy atom. The summed E-state index contributed by atoms with van der Waals surface area (Å²) in [5.41, 5.74) is 5.22. The number of hydrogen-bond donors (Lipinski definition) is 0. The maximum Gasteiger partial charge on any atom is 0.137 e. The van der Waals surface area contributed by atoms with Crippen LogP contribution in [0.5, 0.6) is 0 Å². The summed E-state index contributed by atoms with van der Waals surface area (Å²) < 4.78 is 3.25. The van der Waals surface area contributed by atoms with Crippen molar-refractivity contribution in [3.05, 3.63) is 79.1 Å². The number of imidazole rings is 1. The average Bonchev–Trinajstić information content (AvgIpc) is 3.26. The number of thiazole rings is 1. The molecule has 0 N–H and O–H groups in total. The molecule has 0 spiro atoms. The lowest BCUT2D eigenvalue weighted by Crippen LogP contribution is -1.80. The number of pyridine rings is 1. The van der Waals surface area contributed by atoms with Crippen molar-refractivity contribution in [2.45, 2.75) is 0 Å². The first kappa shape index (κ1) is 13.5. The van der Waals surface area contributed by atoms with Crippen molar-refractivity contribution < 1.29 is 0 Å². The second-order valence-corrected chi connectivity index (χ2v) is 6.69. The molecule has 0 atom stereocenters. The number of nitrogens with zero attached hydrogens (tertiary/aromatic N) is 3. The van der Waals surface area contributed by atoms with E-state index in [1.54, 1.807) is 11.3 Å². The predicted molar refractivity (Wildman–Crippen MR) is 99.2 cm³/mol. The van der Waals surface area contributed by atoms with Gasteiger partial charge in [0.2, 0.25) is 0 Å². The minimum absolute atomic E-state index is 0.956. The van der Waals surface area contributed by atoms with Crippen LogP contribution in [-0.4, -0.2) is 14.4 Å². The smallest absolute Gasteiger partial charge is 0.137 e. The fourth-order valence-corrected chi connectivity index (χ4v) is 3.84. The third-order valence-corrected chi connectivity index (χ3v) is 5.15. The molecule has 5 rings (SSSR count). The summed E-state index contributed by atoms with van der Waals surface area (Å²) >= 11 is 1.72. The van der Waals surface area contributed by atoms with E-state index in [4.69, 9.17) is 9.97 Å². The fraction of sp³-hybridized carbons (Fsp3) is 0. The second kappa shape index (κ2) is 5.28. The largest absolute Gasteiger partial charge is 0.306 e. The molecule has 0 unspecified atom stereocenters. The highest BCUT2D eigenvalue weighted by Crippen LogP contribution is 2.32. The Morgan fingerprint density at radius 3 is 2.58 bits per heavy atom. The normalized spacial score (nSPS) is 11.3. The van der Waals surface area contributed by atoms with Crippen LogP contribution in [0.1, 0.15) is 0 Å². The van der Waals surface area contributed by atoms with Gasteiger partial charge in [-0.15, -0.1) is 11.3 Å². The molecule has 2 aromatic carbocycles. The second-order valence-electron chi connectivity index (χ2n) is 5.66. The minimum atomic E-state index is 0.956. The highest BCUT2D eigenvalue weighted by Gasteiger charge is 2.09. The van der Waals surface area contributed by atoms with Gasteiger partial charge in [-0.3, -0.25) is 0 Å². The van der Waals surface area contributed by atoms with Gasteiger partial charge < -0.3 is 4.40 Å². The van der Waals surface area contributed by atoms with Gasteiger partial charge in [-0.05, 0) is 30.3 Å². The molecule has 0 bridgehead atoms. The van der Waals surface area contributed by atoms with E-state index in [0.717, 1.165) is 33.0 Å². The molecule has 24 heavy (non-hydrogen) atoms. The lowest BCUT2D eigenvalue weighted by Gasteiger charge is -2.00. The Morgan fingerprint density at radius 1 is 0.792 bits per heavy atom. The molecule has 114 valence electrons. The predicted octanol–water partition coefficient (Wildman–Crippen LogP) is 5.28. The highest BCUT2D eigenvalue weighted by atomic mass is 32.1. The van der Waals surface area contributed by atoms with Gasteiger partial charge in [-0.25, -0.2) is 9.97 Å². The van der Waals surface area contributed by atoms with Gasteiger partial charge >= 0.3 is 0 Å². The van der Waals surface area contributed by atoms with Crippen LogP contribution in [0.2, 0.25) is 0 Å². The van der Waals surface area contributed by atoms with Gasteiger partial charge in [-0.1, -0.05) is 36.4 Å². The van der Waals surface area contributed by atoms with E-state index in [2.05, 4.69) is 48.7 Å². The standard InChI is InChI=1S/C20H13N3S/c1-2-9-18-16(8-1)22-20(24-18)15-7-5-6-14(12-15)17-13-23-11-4-3-10-19(23)21-17/h1-13H. The number of aromatic nitrogens is 3. The van der Waals surface area contributed by atoms with Crippen molar-refractivity contribution in [2.24, 2.45) is 0 Å². The topological polar surface area (TPSA) is 30.2 Å². The number of benzene rings is 2. The molecule has 0 aliphatic rings. The molecule has 3 aromatic heterocycles. The highest BCUT2D eigenvalue weighted by molar-refractivity contribution is 7.21. The zero-order valence-electron chi connectivity index (χ0n) is 12.8. The molecule has 0 fully saturated rings.